The largest absolute Gasteiger partial charge is 0.368 e. The number of anilines is 1. The van der Waals surface area contributed by atoms with Gasteiger partial charge < -0.3 is 5.73 Å². The lowest BCUT2D eigenvalue weighted by Crippen LogP contribution is -2.00. The second kappa shape index (κ2) is 6.14. The van der Waals surface area contributed by atoms with E-state index in [2.05, 4.69) is 21.0 Å². The minimum atomic E-state index is 0.239. The van der Waals surface area contributed by atoms with Gasteiger partial charge in [-0.3, -0.25) is 4.98 Å². The second-order valence-electron chi connectivity index (χ2n) is 6.28. The normalized spacial score (nSPS) is 11.1. The zero-order valence-corrected chi connectivity index (χ0v) is 14.4. The molecule has 0 fully saturated rings. The molecular formula is C22H15N5. The predicted octanol–water partition coefficient (Wildman–Crippen LogP) is 4.49. The first kappa shape index (κ1) is 15.4. The summed E-state index contributed by atoms with van der Waals surface area (Å²) >= 11 is 0. The Morgan fingerprint density at radius 1 is 0.667 bits per heavy atom. The van der Waals surface area contributed by atoms with Gasteiger partial charge in [-0.1, -0.05) is 48.5 Å². The number of aromatic nitrogens is 4. The Balaban J connectivity index is 1.73. The van der Waals surface area contributed by atoms with Crippen LogP contribution in [0.5, 0.6) is 0 Å². The molecule has 0 spiro atoms. The fourth-order valence-electron chi connectivity index (χ4n) is 3.20. The molecule has 0 aliphatic heterocycles. The van der Waals surface area contributed by atoms with Gasteiger partial charge in [-0.05, 0) is 24.3 Å². The smallest absolute Gasteiger partial charge is 0.221 e. The minimum absolute atomic E-state index is 0.239. The van der Waals surface area contributed by atoms with Gasteiger partial charge in [-0.2, -0.15) is 0 Å². The topological polar surface area (TPSA) is 77.6 Å². The van der Waals surface area contributed by atoms with Crippen molar-refractivity contribution >= 4 is 27.9 Å². The molecule has 128 valence electrons. The van der Waals surface area contributed by atoms with Crippen molar-refractivity contribution in [3.63, 3.8) is 0 Å². The van der Waals surface area contributed by atoms with E-state index >= 15 is 0 Å². The molecule has 0 radical (unpaired) electrons. The van der Waals surface area contributed by atoms with E-state index in [0.717, 1.165) is 44.5 Å². The molecule has 0 aliphatic rings. The molecule has 0 bridgehead atoms. The number of hydrogen-bond acceptors (Lipinski definition) is 5. The summed E-state index contributed by atoms with van der Waals surface area (Å²) in [5.41, 5.74) is 11.8. The van der Waals surface area contributed by atoms with Crippen LogP contribution in [0.4, 0.5) is 5.95 Å². The van der Waals surface area contributed by atoms with Crippen LogP contribution in [0.25, 0.3) is 44.5 Å². The van der Waals surface area contributed by atoms with Gasteiger partial charge in [-0.25, -0.2) is 15.0 Å². The third kappa shape index (κ3) is 2.75. The van der Waals surface area contributed by atoms with Crippen LogP contribution in [0.2, 0.25) is 0 Å². The lowest BCUT2D eigenvalue weighted by atomic mass is 10.1. The standard InChI is InChI=1S/C22H15N5/c23-22-26-19-11-10-18(16-12-15-8-4-5-9-17(15)24-13-16)25-21(19)20(27-22)14-6-2-1-3-7-14/h1-13H,(H2,23,26,27). The molecule has 5 aromatic rings. The van der Waals surface area contributed by atoms with Gasteiger partial charge >= 0.3 is 0 Å². The number of nitrogens with zero attached hydrogens (tertiary/aromatic N) is 4. The van der Waals surface area contributed by atoms with E-state index < -0.39 is 0 Å². The van der Waals surface area contributed by atoms with Crippen molar-refractivity contribution in [1.82, 2.24) is 19.9 Å². The van der Waals surface area contributed by atoms with Crippen LogP contribution in [0.3, 0.4) is 0 Å². The lowest BCUT2D eigenvalue weighted by Gasteiger charge is -2.09. The van der Waals surface area contributed by atoms with E-state index in [1.165, 1.54) is 0 Å². The van der Waals surface area contributed by atoms with Gasteiger partial charge in [-0.15, -0.1) is 0 Å². The maximum atomic E-state index is 5.91. The third-order valence-electron chi connectivity index (χ3n) is 4.49. The number of pyridine rings is 2. The quantitative estimate of drug-likeness (QED) is 0.508. The highest BCUT2D eigenvalue weighted by molar-refractivity contribution is 5.92. The Kier molecular flexibility index (Phi) is 3.50. The summed E-state index contributed by atoms with van der Waals surface area (Å²) < 4.78 is 0. The van der Waals surface area contributed by atoms with Gasteiger partial charge in [0.15, 0.2) is 0 Å². The number of hydrogen-bond donors (Lipinski definition) is 1. The van der Waals surface area contributed by atoms with Crippen molar-refractivity contribution < 1.29 is 0 Å². The van der Waals surface area contributed by atoms with Gasteiger partial charge in [0, 0.05) is 22.7 Å². The molecule has 5 heteroatoms. The summed E-state index contributed by atoms with van der Waals surface area (Å²) in [5.74, 6) is 0.239. The zero-order valence-electron chi connectivity index (χ0n) is 14.4. The molecule has 3 aromatic heterocycles. The van der Waals surface area contributed by atoms with E-state index in [4.69, 9.17) is 10.7 Å². The molecule has 27 heavy (non-hydrogen) atoms. The number of fused-ring (bicyclic) bond motifs is 2. The average molecular weight is 349 g/mol. The van der Waals surface area contributed by atoms with Crippen molar-refractivity contribution in [2.24, 2.45) is 0 Å². The molecule has 0 aliphatic carbocycles. The van der Waals surface area contributed by atoms with Crippen LogP contribution in [-0.2, 0) is 0 Å². The molecule has 5 rings (SSSR count). The lowest BCUT2D eigenvalue weighted by molar-refractivity contribution is 1.21. The number of nitrogen functional groups attached to an aromatic ring is 1. The molecule has 2 N–H and O–H groups in total. The van der Waals surface area contributed by atoms with Gasteiger partial charge in [0.05, 0.1) is 16.7 Å². The predicted molar refractivity (Wildman–Crippen MR) is 108 cm³/mol. The maximum absolute atomic E-state index is 5.91. The monoisotopic (exact) mass is 349 g/mol. The van der Waals surface area contributed by atoms with Gasteiger partial charge in [0.1, 0.15) is 11.2 Å². The van der Waals surface area contributed by atoms with E-state index in [1.807, 2.05) is 72.9 Å². The molecule has 3 heterocycles. The zero-order chi connectivity index (χ0) is 18.2. The SMILES string of the molecule is Nc1nc(-c2ccccc2)c2nc(-c3cnc4ccccc4c3)ccc2n1. The molecule has 0 saturated carbocycles. The summed E-state index contributed by atoms with van der Waals surface area (Å²) in [6.45, 7) is 0. The van der Waals surface area contributed by atoms with Crippen LogP contribution >= 0.6 is 0 Å². The first-order valence-corrected chi connectivity index (χ1v) is 8.63. The Morgan fingerprint density at radius 2 is 1.48 bits per heavy atom. The summed E-state index contributed by atoms with van der Waals surface area (Å²) in [4.78, 5) is 18.2. The highest BCUT2D eigenvalue weighted by atomic mass is 15.0. The third-order valence-corrected chi connectivity index (χ3v) is 4.49. The summed E-state index contributed by atoms with van der Waals surface area (Å²) in [6, 6.07) is 23.9. The molecule has 2 aromatic carbocycles. The van der Waals surface area contributed by atoms with Crippen LogP contribution in [-0.4, -0.2) is 19.9 Å². The number of para-hydroxylation sites is 1. The summed E-state index contributed by atoms with van der Waals surface area (Å²) in [6.07, 6.45) is 1.84. The first-order chi connectivity index (χ1) is 13.3. The van der Waals surface area contributed by atoms with Crippen LogP contribution in [0.1, 0.15) is 0 Å². The van der Waals surface area contributed by atoms with Crippen LogP contribution in [0.15, 0.2) is 79.0 Å². The van der Waals surface area contributed by atoms with Crippen LogP contribution < -0.4 is 5.73 Å². The van der Waals surface area contributed by atoms with Crippen molar-refractivity contribution in [3.05, 3.63) is 79.0 Å². The molecular weight excluding hydrogens is 334 g/mol. The van der Waals surface area contributed by atoms with Crippen molar-refractivity contribution in [2.75, 3.05) is 5.73 Å². The fraction of sp³-hybridized carbons (Fsp3) is 0. The van der Waals surface area contributed by atoms with Crippen LogP contribution in [0, 0.1) is 0 Å². The molecule has 0 saturated heterocycles. The van der Waals surface area contributed by atoms with E-state index in [0.29, 0.717) is 0 Å². The second-order valence-corrected chi connectivity index (χ2v) is 6.28. The maximum Gasteiger partial charge on any atom is 0.221 e. The Hall–Kier alpha value is -3.86. The molecule has 0 atom stereocenters. The summed E-state index contributed by atoms with van der Waals surface area (Å²) in [7, 11) is 0. The minimum Gasteiger partial charge on any atom is -0.368 e. The number of benzene rings is 2. The highest BCUT2D eigenvalue weighted by Crippen LogP contribution is 2.28. The van der Waals surface area contributed by atoms with Gasteiger partial charge in [0.25, 0.3) is 0 Å². The van der Waals surface area contributed by atoms with E-state index in [-0.39, 0.29) is 5.95 Å². The highest BCUT2D eigenvalue weighted by Gasteiger charge is 2.12. The fourth-order valence-corrected chi connectivity index (χ4v) is 3.20. The van der Waals surface area contributed by atoms with E-state index in [9.17, 15) is 0 Å². The van der Waals surface area contributed by atoms with Crippen molar-refractivity contribution in [2.45, 2.75) is 0 Å². The Labute approximate surface area is 155 Å². The Morgan fingerprint density at radius 3 is 2.37 bits per heavy atom. The van der Waals surface area contributed by atoms with Gasteiger partial charge in [0.2, 0.25) is 5.95 Å². The van der Waals surface area contributed by atoms with Crippen molar-refractivity contribution in [3.8, 4) is 22.5 Å². The number of rotatable bonds is 2. The molecule has 0 unspecified atom stereocenters. The first-order valence-electron chi connectivity index (χ1n) is 8.63. The number of nitrogens with two attached hydrogens (primary N) is 1. The van der Waals surface area contributed by atoms with Crippen molar-refractivity contribution in [1.29, 1.82) is 0 Å². The van der Waals surface area contributed by atoms with E-state index in [1.54, 1.807) is 0 Å². The average Bonchev–Trinajstić information content (AvgIpc) is 2.73. The molecule has 0 amide bonds. The summed E-state index contributed by atoms with van der Waals surface area (Å²) in [5, 5.41) is 1.08. The molecule has 5 nitrogen and oxygen atoms in total. The Bertz CT molecular complexity index is 1280.